The Hall–Kier alpha value is -3.44. The topological polar surface area (TPSA) is 106 Å². The molecule has 0 fully saturated rings. The zero-order valence-electron chi connectivity index (χ0n) is 20.8. The van der Waals surface area contributed by atoms with Gasteiger partial charge < -0.3 is 35.1 Å². The molecule has 188 valence electrons. The highest BCUT2D eigenvalue weighted by molar-refractivity contribution is 7.80. The molecule has 2 aromatic heterocycles. The molecule has 0 unspecified atom stereocenters. The highest BCUT2D eigenvalue weighted by atomic mass is 32.1. The molecule has 0 aliphatic rings. The molecule has 0 spiro atoms. The molecule has 11 heteroatoms. The van der Waals surface area contributed by atoms with E-state index in [1.807, 2.05) is 12.1 Å². The van der Waals surface area contributed by atoms with Crippen molar-refractivity contribution in [1.82, 2.24) is 25.2 Å². The van der Waals surface area contributed by atoms with Crippen molar-refractivity contribution >= 4 is 45.8 Å². The van der Waals surface area contributed by atoms with Gasteiger partial charge in [0.15, 0.2) is 28.1 Å². The van der Waals surface area contributed by atoms with Crippen LogP contribution in [0.25, 0.3) is 11.2 Å². The van der Waals surface area contributed by atoms with E-state index in [9.17, 15) is 0 Å². The van der Waals surface area contributed by atoms with Gasteiger partial charge in [0.1, 0.15) is 11.3 Å². The largest absolute Gasteiger partial charge is 0.493 e. The first-order valence-electron chi connectivity index (χ1n) is 11.5. The Morgan fingerprint density at radius 1 is 0.971 bits per heavy atom. The predicted octanol–water partition coefficient (Wildman–Crippen LogP) is 3.81. The minimum atomic E-state index is 0.483. The number of aromatic nitrogens is 3. The van der Waals surface area contributed by atoms with E-state index in [-0.39, 0.29) is 0 Å². The molecule has 2 heterocycles. The monoisotopic (exact) mass is 499 g/mol. The van der Waals surface area contributed by atoms with Crippen LogP contribution in [-0.4, -0.2) is 72.5 Å². The van der Waals surface area contributed by atoms with Gasteiger partial charge >= 0.3 is 0 Å². The van der Waals surface area contributed by atoms with Gasteiger partial charge in [0.2, 0.25) is 5.75 Å². The summed E-state index contributed by atoms with van der Waals surface area (Å²) in [6.45, 7) is 8.27. The van der Waals surface area contributed by atoms with Gasteiger partial charge in [-0.05, 0) is 50.4 Å². The number of nitrogens with zero attached hydrogens (tertiary/aromatic N) is 4. The minimum absolute atomic E-state index is 0.483. The fourth-order valence-electron chi connectivity index (χ4n) is 3.53. The Labute approximate surface area is 211 Å². The summed E-state index contributed by atoms with van der Waals surface area (Å²) in [4.78, 5) is 16.0. The van der Waals surface area contributed by atoms with Crippen molar-refractivity contribution in [3.05, 3.63) is 30.5 Å². The lowest BCUT2D eigenvalue weighted by Crippen LogP contribution is -2.32. The Bertz CT molecular complexity index is 1120. The summed E-state index contributed by atoms with van der Waals surface area (Å²) in [7, 11) is 4.70. The molecule has 3 N–H and O–H groups in total. The van der Waals surface area contributed by atoms with Crippen molar-refractivity contribution in [2.45, 2.75) is 20.3 Å². The summed E-state index contributed by atoms with van der Waals surface area (Å²) in [6.07, 6.45) is 2.65. The van der Waals surface area contributed by atoms with Crippen molar-refractivity contribution in [2.75, 3.05) is 58.1 Å². The first-order valence-corrected chi connectivity index (χ1v) is 11.9. The Morgan fingerprint density at radius 3 is 2.29 bits per heavy atom. The lowest BCUT2D eigenvalue weighted by atomic mass is 10.2. The van der Waals surface area contributed by atoms with E-state index in [4.69, 9.17) is 26.4 Å². The maximum atomic E-state index is 5.42. The lowest BCUT2D eigenvalue weighted by molar-refractivity contribution is 0.300. The number of ether oxygens (including phenoxy) is 3. The molecular weight excluding hydrogens is 466 g/mol. The molecule has 0 bridgehead atoms. The van der Waals surface area contributed by atoms with Crippen molar-refractivity contribution < 1.29 is 14.2 Å². The molecule has 0 saturated heterocycles. The van der Waals surface area contributed by atoms with Crippen LogP contribution in [0.15, 0.2) is 30.5 Å². The van der Waals surface area contributed by atoms with E-state index >= 15 is 0 Å². The van der Waals surface area contributed by atoms with Gasteiger partial charge in [0.25, 0.3) is 0 Å². The van der Waals surface area contributed by atoms with E-state index in [1.165, 1.54) is 0 Å². The average molecular weight is 500 g/mol. The van der Waals surface area contributed by atoms with Gasteiger partial charge in [0, 0.05) is 24.4 Å². The maximum Gasteiger partial charge on any atom is 0.203 e. The second kappa shape index (κ2) is 12.9. The van der Waals surface area contributed by atoms with Crippen LogP contribution in [0.1, 0.15) is 20.3 Å². The molecule has 0 radical (unpaired) electrons. The van der Waals surface area contributed by atoms with Gasteiger partial charge in [-0.25, -0.2) is 15.0 Å². The highest BCUT2D eigenvalue weighted by Crippen LogP contribution is 2.40. The number of methoxy groups -OCH3 is 3. The van der Waals surface area contributed by atoms with Crippen LogP contribution in [0.4, 0.5) is 17.3 Å². The van der Waals surface area contributed by atoms with Crippen LogP contribution < -0.4 is 30.2 Å². The normalized spacial score (nSPS) is 10.8. The van der Waals surface area contributed by atoms with E-state index < -0.39 is 0 Å². The molecule has 3 aromatic rings. The number of pyridine rings is 1. The number of rotatable bonds is 12. The number of benzene rings is 1. The number of hydrogen-bond acceptors (Lipinski definition) is 9. The van der Waals surface area contributed by atoms with Gasteiger partial charge in [-0.3, -0.25) is 0 Å². The standard InChI is InChI=1S/C24H33N7O3S/c1-6-31(7-2)12-8-11-25-24(35)30-20-10-9-17-23(28-20)29-21(15-26-17)27-16-13-18(32-3)22(34-5)19(14-16)33-4/h9-10,13-15H,6-8,11-12H2,1-5H3,(H3,25,27,28,29,30,35). The number of anilines is 3. The second-order valence-electron chi connectivity index (χ2n) is 7.59. The zero-order valence-corrected chi connectivity index (χ0v) is 21.7. The Morgan fingerprint density at radius 2 is 1.66 bits per heavy atom. The SMILES string of the molecule is CCN(CC)CCCNC(=S)Nc1ccc2ncc(Nc3cc(OC)c(OC)c(OC)c3)nc2n1. The fraction of sp³-hybridized carbons (Fsp3) is 0.417. The summed E-state index contributed by atoms with van der Waals surface area (Å²) >= 11 is 5.42. The van der Waals surface area contributed by atoms with E-state index in [2.05, 4.69) is 49.6 Å². The molecule has 0 amide bonds. The van der Waals surface area contributed by atoms with E-state index in [0.717, 1.165) is 32.6 Å². The number of hydrogen-bond donors (Lipinski definition) is 3. The maximum absolute atomic E-state index is 5.42. The predicted molar refractivity (Wildman–Crippen MR) is 143 cm³/mol. The molecule has 0 aliphatic carbocycles. The number of nitrogens with one attached hydrogen (secondary N) is 3. The molecule has 0 atom stereocenters. The Kier molecular flexibility index (Phi) is 9.62. The number of thiocarbonyl (C=S) groups is 1. The first kappa shape index (κ1) is 26.2. The van der Waals surface area contributed by atoms with Crippen LogP contribution in [0, 0.1) is 0 Å². The smallest absolute Gasteiger partial charge is 0.203 e. The first-order chi connectivity index (χ1) is 17.0. The second-order valence-corrected chi connectivity index (χ2v) is 8.00. The van der Waals surface area contributed by atoms with Crippen LogP contribution in [0.3, 0.4) is 0 Å². The molecule has 0 saturated carbocycles. The van der Waals surface area contributed by atoms with E-state index in [0.29, 0.717) is 50.8 Å². The summed E-state index contributed by atoms with van der Waals surface area (Å²) < 4.78 is 16.2. The molecule has 10 nitrogen and oxygen atoms in total. The van der Waals surface area contributed by atoms with Gasteiger partial charge in [-0.15, -0.1) is 0 Å². The molecule has 1 aromatic carbocycles. The molecule has 0 aliphatic heterocycles. The quantitative estimate of drug-likeness (QED) is 0.250. The summed E-state index contributed by atoms with van der Waals surface area (Å²) in [5, 5.41) is 10.1. The van der Waals surface area contributed by atoms with Gasteiger partial charge in [-0.1, -0.05) is 13.8 Å². The number of fused-ring (bicyclic) bond motifs is 1. The summed E-state index contributed by atoms with van der Waals surface area (Å²) in [5.74, 6) is 2.70. The molecular formula is C24H33N7O3S. The van der Waals surface area contributed by atoms with Crippen LogP contribution >= 0.6 is 12.2 Å². The minimum Gasteiger partial charge on any atom is -0.493 e. The highest BCUT2D eigenvalue weighted by Gasteiger charge is 2.14. The lowest BCUT2D eigenvalue weighted by Gasteiger charge is -2.18. The molecule has 3 rings (SSSR count). The zero-order chi connectivity index (χ0) is 25.2. The van der Waals surface area contributed by atoms with Crippen molar-refractivity contribution in [1.29, 1.82) is 0 Å². The summed E-state index contributed by atoms with van der Waals surface area (Å²) in [5.41, 5.74) is 1.86. The van der Waals surface area contributed by atoms with Crippen LogP contribution in [0.2, 0.25) is 0 Å². The van der Waals surface area contributed by atoms with Crippen molar-refractivity contribution in [3.8, 4) is 17.2 Å². The van der Waals surface area contributed by atoms with Gasteiger partial charge in [0.05, 0.1) is 27.5 Å². The van der Waals surface area contributed by atoms with E-state index in [1.54, 1.807) is 39.7 Å². The third kappa shape index (κ3) is 7.03. The molecule has 35 heavy (non-hydrogen) atoms. The van der Waals surface area contributed by atoms with Crippen LogP contribution in [-0.2, 0) is 0 Å². The van der Waals surface area contributed by atoms with Crippen molar-refractivity contribution in [3.63, 3.8) is 0 Å². The van der Waals surface area contributed by atoms with Gasteiger partial charge in [-0.2, -0.15) is 0 Å². The van der Waals surface area contributed by atoms with Crippen LogP contribution in [0.5, 0.6) is 17.2 Å². The third-order valence-electron chi connectivity index (χ3n) is 5.42. The fourth-order valence-corrected chi connectivity index (χ4v) is 3.74. The van der Waals surface area contributed by atoms with Crippen molar-refractivity contribution in [2.24, 2.45) is 0 Å². The average Bonchev–Trinajstić information content (AvgIpc) is 2.87. The summed E-state index contributed by atoms with van der Waals surface area (Å²) in [6, 6.07) is 7.27. The Balaban J connectivity index is 1.68. The third-order valence-corrected chi connectivity index (χ3v) is 5.66.